The fraction of sp³-hybridized carbons (Fsp3) is 0.556. The van der Waals surface area contributed by atoms with Crippen LogP contribution in [-0.2, 0) is 13.5 Å². The maximum atomic E-state index is 11.0. The zero-order valence-electron chi connectivity index (χ0n) is 8.29. The van der Waals surface area contributed by atoms with Crippen molar-refractivity contribution in [2.45, 2.75) is 26.7 Å². The van der Waals surface area contributed by atoms with E-state index in [9.17, 15) is 4.79 Å². The smallest absolute Gasteiger partial charge is 0.267 e. The van der Waals surface area contributed by atoms with Gasteiger partial charge in [0.2, 0.25) is 0 Å². The van der Waals surface area contributed by atoms with Gasteiger partial charge in [-0.1, -0.05) is 13.3 Å². The van der Waals surface area contributed by atoms with Gasteiger partial charge in [-0.3, -0.25) is 9.48 Å². The van der Waals surface area contributed by atoms with Crippen molar-refractivity contribution in [1.29, 1.82) is 0 Å². The van der Waals surface area contributed by atoms with E-state index >= 15 is 0 Å². The monoisotopic (exact) mass is 181 g/mol. The number of rotatable bonds is 3. The lowest BCUT2D eigenvalue weighted by atomic mass is 10.1. The molecule has 1 amide bonds. The summed E-state index contributed by atoms with van der Waals surface area (Å²) in [4.78, 5) is 11.0. The Labute approximate surface area is 77.7 Å². The largest absolute Gasteiger partial charge is 0.364 e. The van der Waals surface area contributed by atoms with Crippen LogP contribution in [-0.4, -0.2) is 15.7 Å². The second-order valence-corrected chi connectivity index (χ2v) is 3.16. The molecule has 0 aliphatic rings. The highest BCUT2D eigenvalue weighted by molar-refractivity contribution is 5.92. The van der Waals surface area contributed by atoms with Crippen LogP contribution in [0.25, 0.3) is 0 Å². The van der Waals surface area contributed by atoms with E-state index < -0.39 is 5.91 Å². The van der Waals surface area contributed by atoms with Crippen LogP contribution >= 0.6 is 0 Å². The fourth-order valence-electron chi connectivity index (χ4n) is 1.50. The Hall–Kier alpha value is -1.32. The summed E-state index contributed by atoms with van der Waals surface area (Å²) in [6, 6.07) is 0. The molecule has 0 unspecified atom stereocenters. The zero-order chi connectivity index (χ0) is 10.0. The van der Waals surface area contributed by atoms with Crippen LogP contribution in [0.4, 0.5) is 0 Å². The highest BCUT2D eigenvalue weighted by atomic mass is 16.1. The molecule has 0 bridgehead atoms. The quantitative estimate of drug-likeness (QED) is 0.749. The zero-order valence-corrected chi connectivity index (χ0v) is 8.29. The average molecular weight is 181 g/mol. The topological polar surface area (TPSA) is 60.9 Å². The van der Waals surface area contributed by atoms with E-state index in [4.69, 9.17) is 5.73 Å². The van der Waals surface area contributed by atoms with Crippen LogP contribution in [0.2, 0.25) is 0 Å². The molecule has 1 aromatic heterocycles. The van der Waals surface area contributed by atoms with Gasteiger partial charge in [0.1, 0.15) is 5.69 Å². The molecular weight excluding hydrogens is 166 g/mol. The number of aryl methyl sites for hydroxylation is 2. The van der Waals surface area contributed by atoms with E-state index in [0.717, 1.165) is 24.1 Å². The van der Waals surface area contributed by atoms with Gasteiger partial charge in [-0.05, 0) is 13.3 Å². The van der Waals surface area contributed by atoms with Crippen molar-refractivity contribution >= 4 is 5.91 Å². The Morgan fingerprint density at radius 1 is 1.62 bits per heavy atom. The molecule has 0 atom stereocenters. The second-order valence-electron chi connectivity index (χ2n) is 3.16. The molecule has 0 fully saturated rings. The molecular formula is C9H15N3O. The van der Waals surface area contributed by atoms with E-state index in [1.165, 1.54) is 0 Å². The maximum Gasteiger partial charge on any atom is 0.267 e. The molecule has 0 spiro atoms. The molecule has 72 valence electrons. The third-order valence-corrected chi connectivity index (χ3v) is 2.10. The first kappa shape index (κ1) is 9.77. The molecule has 13 heavy (non-hydrogen) atoms. The lowest BCUT2D eigenvalue weighted by molar-refractivity contribution is 0.0991. The number of carbonyl (C=O) groups excluding carboxylic acids is 1. The van der Waals surface area contributed by atoms with Crippen molar-refractivity contribution in [2.75, 3.05) is 0 Å². The molecule has 1 rings (SSSR count). The summed E-state index contributed by atoms with van der Waals surface area (Å²) >= 11 is 0. The first-order valence-corrected chi connectivity index (χ1v) is 4.40. The van der Waals surface area contributed by atoms with E-state index in [-0.39, 0.29) is 0 Å². The summed E-state index contributed by atoms with van der Waals surface area (Å²) in [6.07, 6.45) is 1.92. The highest BCUT2D eigenvalue weighted by Crippen LogP contribution is 2.13. The van der Waals surface area contributed by atoms with E-state index in [1.807, 2.05) is 6.92 Å². The average Bonchev–Trinajstić information content (AvgIpc) is 2.28. The summed E-state index contributed by atoms with van der Waals surface area (Å²) < 4.78 is 1.56. The second kappa shape index (κ2) is 3.60. The van der Waals surface area contributed by atoms with Gasteiger partial charge in [0, 0.05) is 12.6 Å². The molecule has 0 radical (unpaired) electrons. The molecule has 0 aromatic carbocycles. The van der Waals surface area contributed by atoms with Crippen molar-refractivity contribution in [2.24, 2.45) is 12.8 Å². The predicted octanol–water partition coefficient (Wildman–Crippen LogP) is 0.780. The number of amides is 1. The van der Waals surface area contributed by atoms with Gasteiger partial charge in [-0.2, -0.15) is 5.10 Å². The molecule has 0 aliphatic carbocycles. The normalized spacial score (nSPS) is 10.4. The number of nitrogens with zero attached hydrogens (tertiary/aromatic N) is 2. The molecule has 4 nitrogen and oxygen atoms in total. The number of hydrogen-bond acceptors (Lipinski definition) is 2. The molecule has 2 N–H and O–H groups in total. The lowest BCUT2D eigenvalue weighted by Gasteiger charge is -1.96. The van der Waals surface area contributed by atoms with E-state index in [1.54, 1.807) is 11.7 Å². The molecule has 0 aliphatic heterocycles. The third-order valence-electron chi connectivity index (χ3n) is 2.10. The molecule has 4 heteroatoms. The first-order valence-electron chi connectivity index (χ1n) is 4.40. The number of primary amides is 1. The van der Waals surface area contributed by atoms with Crippen LogP contribution in [0.3, 0.4) is 0 Å². The Balaban J connectivity index is 3.14. The maximum absolute atomic E-state index is 11.0. The highest BCUT2D eigenvalue weighted by Gasteiger charge is 2.15. The van der Waals surface area contributed by atoms with Crippen molar-refractivity contribution in [3.63, 3.8) is 0 Å². The Bertz CT molecular complexity index is 328. The molecule has 1 aromatic rings. The van der Waals surface area contributed by atoms with Crippen molar-refractivity contribution in [3.05, 3.63) is 17.0 Å². The van der Waals surface area contributed by atoms with Crippen LogP contribution < -0.4 is 5.73 Å². The van der Waals surface area contributed by atoms with Gasteiger partial charge in [0.15, 0.2) is 0 Å². The first-order chi connectivity index (χ1) is 6.07. The summed E-state index contributed by atoms with van der Waals surface area (Å²) in [5.74, 6) is -0.408. The minimum atomic E-state index is -0.408. The van der Waals surface area contributed by atoms with Gasteiger partial charge in [0.05, 0.1) is 5.69 Å². The number of nitrogens with two attached hydrogens (primary N) is 1. The predicted molar refractivity (Wildman–Crippen MR) is 50.5 cm³/mol. The minimum absolute atomic E-state index is 0.408. The standard InChI is InChI=1S/C9H15N3O/c1-4-5-7-6(2)8(9(10)13)12(3)11-7/h4-5H2,1-3H3,(H2,10,13). The Kier molecular flexibility index (Phi) is 2.70. The lowest BCUT2D eigenvalue weighted by Crippen LogP contribution is -2.16. The van der Waals surface area contributed by atoms with Crippen molar-refractivity contribution in [1.82, 2.24) is 9.78 Å². The van der Waals surface area contributed by atoms with Crippen LogP contribution in [0.5, 0.6) is 0 Å². The summed E-state index contributed by atoms with van der Waals surface area (Å²) in [7, 11) is 1.74. The number of aromatic nitrogens is 2. The fourth-order valence-corrected chi connectivity index (χ4v) is 1.50. The van der Waals surface area contributed by atoms with Gasteiger partial charge in [-0.15, -0.1) is 0 Å². The van der Waals surface area contributed by atoms with Crippen LogP contribution in [0.1, 0.15) is 35.1 Å². The third kappa shape index (κ3) is 1.71. The molecule has 1 heterocycles. The minimum Gasteiger partial charge on any atom is -0.364 e. The van der Waals surface area contributed by atoms with Crippen LogP contribution in [0.15, 0.2) is 0 Å². The van der Waals surface area contributed by atoms with Gasteiger partial charge in [-0.25, -0.2) is 0 Å². The Morgan fingerprint density at radius 3 is 2.62 bits per heavy atom. The van der Waals surface area contributed by atoms with E-state index in [2.05, 4.69) is 12.0 Å². The van der Waals surface area contributed by atoms with Crippen molar-refractivity contribution < 1.29 is 4.79 Å². The summed E-state index contributed by atoms with van der Waals surface area (Å²) in [6.45, 7) is 3.97. The van der Waals surface area contributed by atoms with E-state index in [0.29, 0.717) is 5.69 Å². The van der Waals surface area contributed by atoms with Crippen molar-refractivity contribution in [3.8, 4) is 0 Å². The number of hydrogen-bond donors (Lipinski definition) is 1. The van der Waals surface area contributed by atoms with Gasteiger partial charge in [0.25, 0.3) is 5.91 Å². The molecule has 0 saturated carbocycles. The summed E-state index contributed by atoms with van der Waals surface area (Å²) in [5.41, 5.74) is 7.63. The number of carbonyl (C=O) groups is 1. The Morgan fingerprint density at radius 2 is 2.23 bits per heavy atom. The van der Waals surface area contributed by atoms with Crippen LogP contribution in [0, 0.1) is 6.92 Å². The SMILES string of the molecule is CCCc1nn(C)c(C(N)=O)c1C. The summed E-state index contributed by atoms with van der Waals surface area (Å²) in [5, 5.41) is 4.24. The van der Waals surface area contributed by atoms with Gasteiger partial charge >= 0.3 is 0 Å². The molecule has 0 saturated heterocycles. The van der Waals surface area contributed by atoms with Gasteiger partial charge < -0.3 is 5.73 Å².